The molecule has 2 aliphatic heterocycles. The van der Waals surface area contributed by atoms with Gasteiger partial charge in [-0.2, -0.15) is 0 Å². The lowest BCUT2D eigenvalue weighted by Gasteiger charge is -2.62. The van der Waals surface area contributed by atoms with Crippen LogP contribution in [0.25, 0.3) is 10.9 Å². The van der Waals surface area contributed by atoms with E-state index in [0.29, 0.717) is 31.1 Å². The number of likely N-dealkylation sites (tertiary alicyclic amines) is 1. The number of ether oxygens (including phenoxy) is 1. The molecular weight excluding hydrogens is 490 g/mol. The number of aromatic hydroxyl groups is 1. The van der Waals surface area contributed by atoms with Gasteiger partial charge in [0, 0.05) is 35.5 Å². The molecule has 1 saturated heterocycles. The molecule has 4 atom stereocenters. The van der Waals surface area contributed by atoms with E-state index in [2.05, 4.69) is 39.1 Å². The van der Waals surface area contributed by atoms with Crippen molar-refractivity contribution in [1.82, 2.24) is 14.8 Å². The quantitative estimate of drug-likeness (QED) is 0.290. The number of nitrogens with one attached hydrogen (secondary N) is 1. The number of phenols is 1. The average Bonchev–Trinajstić information content (AvgIpc) is 3.54. The summed E-state index contributed by atoms with van der Waals surface area (Å²) in [6.45, 7) is 3.16. The van der Waals surface area contributed by atoms with Gasteiger partial charge in [0.05, 0.1) is 29.8 Å². The van der Waals surface area contributed by atoms with E-state index < -0.39 is 11.0 Å². The largest absolute Gasteiger partial charge is 0.504 e. The molecule has 2 fully saturated rings. The number of hydrogen-bond donors (Lipinski definition) is 4. The molecular formula is C31H37N5O3. The minimum atomic E-state index is -0.983. The Labute approximate surface area is 228 Å². The van der Waals surface area contributed by atoms with Crippen LogP contribution in [0.2, 0.25) is 0 Å². The number of fused-ring (bicyclic) bond motifs is 4. The lowest BCUT2D eigenvalue weighted by molar-refractivity contribution is -0.173. The molecule has 5 aliphatic rings. The Bertz CT molecular complexity index is 1540. The van der Waals surface area contributed by atoms with E-state index in [4.69, 9.17) is 10.5 Å². The predicted molar refractivity (Wildman–Crippen MR) is 150 cm³/mol. The van der Waals surface area contributed by atoms with Crippen LogP contribution in [0.5, 0.6) is 11.5 Å². The molecule has 1 saturated carbocycles. The number of phenolic OH excluding ortho intramolecular Hbond substituents is 1. The molecule has 204 valence electrons. The number of likely N-dealkylation sites (N-methyl/N-ethyl adjacent to an activating group) is 1. The Morgan fingerprint density at radius 1 is 1.26 bits per heavy atom. The van der Waals surface area contributed by atoms with Gasteiger partial charge in [-0.05, 0) is 87.1 Å². The van der Waals surface area contributed by atoms with Crippen LogP contribution in [0, 0.1) is 5.92 Å². The summed E-state index contributed by atoms with van der Waals surface area (Å²) >= 11 is 0. The van der Waals surface area contributed by atoms with Crippen LogP contribution in [0.1, 0.15) is 53.3 Å². The van der Waals surface area contributed by atoms with Gasteiger partial charge in [-0.3, -0.25) is 9.89 Å². The average molecular weight is 528 g/mol. The molecule has 8 nitrogen and oxygen atoms in total. The Morgan fingerprint density at radius 2 is 2.10 bits per heavy atom. The highest BCUT2D eigenvalue weighted by Gasteiger charge is 2.72. The third kappa shape index (κ3) is 3.19. The van der Waals surface area contributed by atoms with Gasteiger partial charge < -0.3 is 30.6 Å². The Hall–Kier alpha value is -3.07. The van der Waals surface area contributed by atoms with Crippen LogP contribution in [0.4, 0.5) is 0 Å². The van der Waals surface area contributed by atoms with Crippen LogP contribution in [-0.4, -0.2) is 76.2 Å². The fraction of sp³-hybridized carbons (Fsp3) is 0.516. The molecule has 8 rings (SSSR count). The van der Waals surface area contributed by atoms with Gasteiger partial charge in [0.2, 0.25) is 0 Å². The predicted octanol–water partition coefficient (Wildman–Crippen LogP) is 2.99. The van der Waals surface area contributed by atoms with Crippen LogP contribution >= 0.6 is 0 Å². The molecule has 1 aromatic heterocycles. The Morgan fingerprint density at radius 3 is 2.90 bits per heavy atom. The number of rotatable bonds is 6. The van der Waals surface area contributed by atoms with Gasteiger partial charge in [-0.25, -0.2) is 0 Å². The standard InChI is InChI=1S/C31H37N5O3/c1-35(2)16-25(32)33-14-18-5-7-22-20(11-18)21-13-31(38)24-12-19-6-8-23(37)28-26(19)30(31,29(39-28)27(21)34-22)9-10-36(24)15-17-3-4-17/h5-8,11,17,24,29,34,37-38H,3-4,9-10,12-16H2,1-2H3,(H2,32,33)/t24-,29-,30-,31+/m0/s1. The van der Waals surface area contributed by atoms with E-state index in [9.17, 15) is 10.2 Å². The molecule has 3 aliphatic carbocycles. The normalized spacial score (nSPS) is 30.9. The van der Waals surface area contributed by atoms with Crippen molar-refractivity contribution in [2.24, 2.45) is 16.6 Å². The van der Waals surface area contributed by atoms with Crippen molar-refractivity contribution in [3.63, 3.8) is 0 Å². The number of piperidine rings is 1. The number of nitrogens with zero attached hydrogens (tertiary/aromatic N) is 3. The maximum atomic E-state index is 13.0. The molecule has 3 heterocycles. The lowest BCUT2D eigenvalue weighted by atomic mass is 9.49. The molecule has 8 heteroatoms. The Balaban J connectivity index is 1.27. The van der Waals surface area contributed by atoms with Gasteiger partial charge in [0.25, 0.3) is 0 Å². The molecule has 0 unspecified atom stereocenters. The van der Waals surface area contributed by atoms with Crippen LogP contribution in [0.3, 0.4) is 0 Å². The van der Waals surface area contributed by atoms with Gasteiger partial charge >= 0.3 is 0 Å². The number of H-pyrrole nitrogens is 1. The van der Waals surface area contributed by atoms with Crippen molar-refractivity contribution in [3.8, 4) is 11.5 Å². The zero-order chi connectivity index (χ0) is 26.7. The fourth-order valence-electron chi connectivity index (χ4n) is 8.33. The maximum Gasteiger partial charge on any atom is 0.166 e. The first-order valence-electron chi connectivity index (χ1n) is 14.3. The summed E-state index contributed by atoms with van der Waals surface area (Å²) in [5.74, 6) is 2.12. The number of aliphatic imine (C=N–C) groups is 1. The SMILES string of the molecule is CN(C)CC(N)=NCc1ccc2[nH]c3c(c2c1)C[C@@]1(O)[C@@H]2Cc4ccc(O)c5c4[C@@]1(CCN2CC1CC1)[C@H]3O5. The first-order chi connectivity index (χ1) is 18.8. The fourth-order valence-corrected chi connectivity index (χ4v) is 8.33. The molecule has 3 aromatic rings. The first kappa shape index (κ1) is 23.8. The van der Waals surface area contributed by atoms with E-state index in [1.807, 2.05) is 19.0 Å². The molecule has 2 aromatic carbocycles. The summed E-state index contributed by atoms with van der Waals surface area (Å²) in [4.78, 5) is 12.9. The highest BCUT2D eigenvalue weighted by molar-refractivity contribution is 5.87. The second-order valence-electron chi connectivity index (χ2n) is 12.9. The minimum absolute atomic E-state index is 0.0256. The number of amidine groups is 1. The highest BCUT2D eigenvalue weighted by Crippen LogP contribution is 2.69. The number of aromatic amines is 1. The summed E-state index contributed by atoms with van der Waals surface area (Å²) in [5, 5.41) is 25.0. The van der Waals surface area contributed by atoms with Crippen molar-refractivity contribution < 1.29 is 14.9 Å². The molecule has 0 amide bonds. The number of aromatic nitrogens is 1. The summed E-state index contributed by atoms with van der Waals surface area (Å²) in [6, 6.07) is 10.3. The summed E-state index contributed by atoms with van der Waals surface area (Å²) < 4.78 is 6.70. The number of hydrogen-bond acceptors (Lipinski definition) is 6. The second kappa shape index (κ2) is 7.99. The van der Waals surface area contributed by atoms with E-state index >= 15 is 0 Å². The lowest BCUT2D eigenvalue weighted by Crippen LogP contribution is -2.74. The third-order valence-electron chi connectivity index (χ3n) is 10.2. The van der Waals surface area contributed by atoms with Crippen molar-refractivity contribution in [1.29, 1.82) is 0 Å². The molecule has 5 N–H and O–H groups in total. The van der Waals surface area contributed by atoms with E-state index in [-0.39, 0.29) is 17.9 Å². The summed E-state index contributed by atoms with van der Waals surface area (Å²) in [6.07, 6.45) is 4.41. The molecule has 2 bridgehead atoms. The topological polar surface area (TPSA) is 110 Å². The number of aliphatic hydroxyl groups is 1. The summed E-state index contributed by atoms with van der Waals surface area (Å²) in [5.41, 5.74) is 11.2. The van der Waals surface area contributed by atoms with Crippen molar-refractivity contribution in [3.05, 3.63) is 58.3 Å². The number of benzene rings is 2. The first-order valence-corrected chi connectivity index (χ1v) is 14.3. The van der Waals surface area contributed by atoms with E-state index in [1.54, 1.807) is 6.07 Å². The van der Waals surface area contributed by atoms with Crippen LogP contribution in [0.15, 0.2) is 35.3 Å². The van der Waals surface area contributed by atoms with Crippen molar-refractivity contribution >= 4 is 16.7 Å². The highest BCUT2D eigenvalue weighted by atomic mass is 16.5. The van der Waals surface area contributed by atoms with Crippen LogP contribution < -0.4 is 10.5 Å². The molecule has 1 spiro atoms. The van der Waals surface area contributed by atoms with E-state index in [1.165, 1.54) is 18.4 Å². The number of nitrogens with two attached hydrogens (primary N) is 1. The van der Waals surface area contributed by atoms with Crippen LogP contribution in [-0.2, 0) is 24.8 Å². The monoisotopic (exact) mass is 527 g/mol. The van der Waals surface area contributed by atoms with Gasteiger partial charge in [0.15, 0.2) is 17.6 Å². The van der Waals surface area contributed by atoms with Crippen molar-refractivity contribution in [2.45, 2.75) is 61.8 Å². The molecule has 39 heavy (non-hydrogen) atoms. The van der Waals surface area contributed by atoms with Gasteiger partial charge in [0.1, 0.15) is 5.84 Å². The zero-order valence-corrected chi connectivity index (χ0v) is 22.7. The smallest absolute Gasteiger partial charge is 0.166 e. The van der Waals surface area contributed by atoms with E-state index in [0.717, 1.165) is 65.1 Å². The molecule has 0 radical (unpaired) electrons. The maximum absolute atomic E-state index is 13.0. The summed E-state index contributed by atoms with van der Waals surface area (Å²) in [7, 11) is 3.97. The van der Waals surface area contributed by atoms with Gasteiger partial charge in [-0.15, -0.1) is 0 Å². The van der Waals surface area contributed by atoms with Crippen molar-refractivity contribution in [2.75, 3.05) is 33.7 Å². The van der Waals surface area contributed by atoms with Gasteiger partial charge in [-0.1, -0.05) is 12.1 Å². The Kier molecular flexibility index (Phi) is 4.87. The third-order valence-corrected chi connectivity index (χ3v) is 10.2. The second-order valence-corrected chi connectivity index (χ2v) is 12.9. The zero-order valence-electron chi connectivity index (χ0n) is 22.7. The minimum Gasteiger partial charge on any atom is -0.504 e.